The van der Waals surface area contributed by atoms with E-state index in [-0.39, 0.29) is 0 Å². The molecule has 0 fully saturated rings. The fraction of sp³-hybridized carbons (Fsp3) is 0.0833. The lowest BCUT2D eigenvalue weighted by atomic mass is 10.1. The van der Waals surface area contributed by atoms with Crippen LogP contribution in [0.4, 0.5) is 5.69 Å². The lowest BCUT2D eigenvalue weighted by Crippen LogP contribution is -2.01. The molecule has 126 valence electrons. The van der Waals surface area contributed by atoms with Crippen LogP contribution in [0.25, 0.3) is 0 Å². The average Bonchev–Trinajstić information content (AvgIpc) is 2.62. The summed E-state index contributed by atoms with van der Waals surface area (Å²) >= 11 is 0. The molecule has 0 aliphatic heterocycles. The summed E-state index contributed by atoms with van der Waals surface area (Å²) in [5.74, 6) is 0. The molecule has 0 spiro atoms. The van der Waals surface area contributed by atoms with Crippen LogP contribution in [0, 0.1) is 0 Å². The molecule has 25 heavy (non-hydrogen) atoms. The van der Waals surface area contributed by atoms with Crippen molar-refractivity contribution >= 4 is 5.69 Å². The van der Waals surface area contributed by atoms with Crippen LogP contribution in [0.5, 0.6) is 0 Å². The molecule has 0 saturated heterocycles. The molecule has 1 aromatic rings. The van der Waals surface area contributed by atoms with Crippen LogP contribution in [-0.2, 0) is 0 Å². The van der Waals surface area contributed by atoms with Gasteiger partial charge in [0.1, 0.15) is 0 Å². The molecule has 0 unspecified atom stereocenters. The van der Waals surface area contributed by atoms with Crippen molar-refractivity contribution in [3.05, 3.63) is 127 Å². The molecular formula is C24H25N. The standard InChI is InChI=1S/C24H25N/c1-2-5-9-13-17-23(18-14-10-6-3-1)21-22-25-24-19-15-11-7-4-8-12-16-20-24/h1-20,25H,21-22H2/b2-1?,3-1?,5-2?,6-3?,7-4?,8-4?,9-5-,10-6?,11-7?,12-8?,13-9?,14-10-,15-11?,16-12?,17-13-,18-14?,19-15?,20-16?,23-17?,23-18+,24-19?,24-20?. The van der Waals surface area contributed by atoms with Gasteiger partial charge in [-0.3, -0.25) is 0 Å². The zero-order valence-electron chi connectivity index (χ0n) is 14.5. The Hall–Kier alpha value is -3.06. The van der Waals surface area contributed by atoms with Gasteiger partial charge in [-0.15, -0.1) is 0 Å². The van der Waals surface area contributed by atoms with Gasteiger partial charge in [-0.25, -0.2) is 0 Å². The molecule has 0 radical (unpaired) electrons. The molecule has 0 atom stereocenters. The van der Waals surface area contributed by atoms with Crippen LogP contribution in [0.15, 0.2) is 127 Å². The maximum atomic E-state index is 3.49. The predicted molar refractivity (Wildman–Crippen MR) is 111 cm³/mol. The van der Waals surface area contributed by atoms with Crippen LogP contribution in [-0.4, -0.2) is 6.54 Å². The molecule has 0 bridgehead atoms. The van der Waals surface area contributed by atoms with E-state index >= 15 is 0 Å². The van der Waals surface area contributed by atoms with E-state index in [2.05, 4.69) is 41.8 Å². The Morgan fingerprint density at radius 1 is 0.560 bits per heavy atom. The highest BCUT2D eigenvalue weighted by molar-refractivity contribution is 5.41. The molecule has 1 aliphatic carbocycles. The van der Waals surface area contributed by atoms with Crippen LogP contribution < -0.4 is 5.32 Å². The molecule has 0 amide bonds. The topological polar surface area (TPSA) is 12.0 Å². The van der Waals surface area contributed by atoms with Crippen LogP contribution >= 0.6 is 0 Å². The van der Waals surface area contributed by atoms with E-state index in [4.69, 9.17) is 0 Å². The quantitative estimate of drug-likeness (QED) is 0.681. The summed E-state index contributed by atoms with van der Waals surface area (Å²) < 4.78 is 0. The van der Waals surface area contributed by atoms with E-state index in [1.807, 2.05) is 85.0 Å². The van der Waals surface area contributed by atoms with Gasteiger partial charge in [-0.1, -0.05) is 109 Å². The number of allylic oxidation sites excluding steroid dienone is 11. The fourth-order valence-corrected chi connectivity index (χ4v) is 2.19. The first kappa shape index (κ1) is 18.3. The van der Waals surface area contributed by atoms with Crippen molar-refractivity contribution in [3.63, 3.8) is 0 Å². The van der Waals surface area contributed by atoms with E-state index < -0.39 is 0 Å². The van der Waals surface area contributed by atoms with Gasteiger partial charge in [0.2, 0.25) is 0 Å². The van der Waals surface area contributed by atoms with E-state index in [0.717, 1.165) is 18.7 Å². The van der Waals surface area contributed by atoms with Crippen molar-refractivity contribution < 1.29 is 0 Å². The molecule has 0 aromatic heterocycles. The number of hydrogen-bond donors (Lipinski definition) is 1. The highest BCUT2D eigenvalue weighted by Gasteiger charge is 1.93. The molecule has 1 N–H and O–H groups in total. The summed E-state index contributed by atoms with van der Waals surface area (Å²) in [6.07, 6.45) is 23.7. The maximum absolute atomic E-state index is 3.49. The third-order valence-electron chi connectivity index (χ3n) is 3.47. The smallest absolute Gasteiger partial charge is 0.0340 e. The molecular weight excluding hydrogens is 302 g/mol. The second-order valence-corrected chi connectivity index (χ2v) is 5.45. The Morgan fingerprint density at radius 2 is 1.08 bits per heavy atom. The molecule has 0 saturated carbocycles. The lowest BCUT2D eigenvalue weighted by molar-refractivity contribution is 1.03. The summed E-state index contributed by atoms with van der Waals surface area (Å²) in [5, 5.41) is 3.49. The van der Waals surface area contributed by atoms with Gasteiger partial charge in [0.25, 0.3) is 0 Å². The van der Waals surface area contributed by atoms with E-state index in [0.29, 0.717) is 0 Å². The van der Waals surface area contributed by atoms with Crippen molar-refractivity contribution in [1.82, 2.24) is 0 Å². The van der Waals surface area contributed by atoms with Crippen LogP contribution in [0.1, 0.15) is 6.42 Å². The minimum absolute atomic E-state index is 0.882. The van der Waals surface area contributed by atoms with Gasteiger partial charge in [0.05, 0.1) is 0 Å². The Kier molecular flexibility index (Phi) is 9.05. The maximum Gasteiger partial charge on any atom is 0.0340 e. The SMILES string of the molecule is C1=C\C=C/C=C\C(CCNc2ccccccccc2)=C/C=C\C=C1. The summed E-state index contributed by atoms with van der Waals surface area (Å²) in [4.78, 5) is 0. The molecule has 2 rings (SSSR count). The minimum Gasteiger partial charge on any atom is -0.385 e. The van der Waals surface area contributed by atoms with Crippen molar-refractivity contribution in [2.45, 2.75) is 6.42 Å². The third-order valence-corrected chi connectivity index (χ3v) is 3.47. The minimum atomic E-state index is 0.882. The van der Waals surface area contributed by atoms with Gasteiger partial charge in [0, 0.05) is 12.2 Å². The zero-order chi connectivity index (χ0) is 17.4. The fourth-order valence-electron chi connectivity index (χ4n) is 2.19. The van der Waals surface area contributed by atoms with Gasteiger partial charge in [-0.2, -0.15) is 0 Å². The molecule has 1 nitrogen and oxygen atoms in total. The number of nitrogens with one attached hydrogen (secondary N) is 1. The van der Waals surface area contributed by atoms with Crippen LogP contribution in [0.2, 0.25) is 0 Å². The van der Waals surface area contributed by atoms with Gasteiger partial charge >= 0.3 is 0 Å². The van der Waals surface area contributed by atoms with E-state index in [1.54, 1.807) is 0 Å². The highest BCUT2D eigenvalue weighted by Crippen LogP contribution is 2.08. The normalized spacial score (nSPS) is 19.3. The van der Waals surface area contributed by atoms with Crippen molar-refractivity contribution in [2.75, 3.05) is 11.9 Å². The first-order valence-electron chi connectivity index (χ1n) is 8.61. The largest absolute Gasteiger partial charge is 0.385 e. The first-order chi connectivity index (χ1) is 12.4. The first-order valence-corrected chi connectivity index (χ1v) is 8.61. The summed E-state index contributed by atoms with van der Waals surface area (Å²) in [6, 6.07) is 18.4. The number of hydrogen-bond acceptors (Lipinski definition) is 1. The molecule has 1 aromatic carbocycles. The van der Waals surface area contributed by atoms with Gasteiger partial charge < -0.3 is 5.32 Å². The lowest BCUT2D eigenvalue weighted by Gasteiger charge is -2.05. The van der Waals surface area contributed by atoms with Crippen molar-refractivity contribution in [1.29, 1.82) is 0 Å². The second kappa shape index (κ2) is 12.4. The van der Waals surface area contributed by atoms with E-state index in [1.165, 1.54) is 5.57 Å². The molecule has 1 aliphatic rings. The second-order valence-electron chi connectivity index (χ2n) is 5.45. The Labute approximate surface area is 151 Å². The molecule has 0 heterocycles. The van der Waals surface area contributed by atoms with Crippen molar-refractivity contribution in [3.8, 4) is 0 Å². The zero-order valence-corrected chi connectivity index (χ0v) is 14.5. The van der Waals surface area contributed by atoms with E-state index in [9.17, 15) is 0 Å². The molecule has 1 heteroatoms. The monoisotopic (exact) mass is 327 g/mol. The highest BCUT2D eigenvalue weighted by atomic mass is 14.9. The Morgan fingerprint density at radius 3 is 1.72 bits per heavy atom. The Balaban J connectivity index is 1.99. The van der Waals surface area contributed by atoms with Crippen molar-refractivity contribution in [2.24, 2.45) is 0 Å². The summed E-state index contributed by atoms with van der Waals surface area (Å²) in [6.45, 7) is 0.882. The number of rotatable bonds is 4. The van der Waals surface area contributed by atoms with Gasteiger partial charge in [0.15, 0.2) is 0 Å². The third kappa shape index (κ3) is 8.97. The Bertz CT molecular complexity index is 719. The summed E-state index contributed by atoms with van der Waals surface area (Å²) in [5.41, 5.74) is 2.40. The summed E-state index contributed by atoms with van der Waals surface area (Å²) in [7, 11) is 0. The van der Waals surface area contributed by atoms with Crippen LogP contribution in [0.3, 0.4) is 0 Å². The number of anilines is 1. The average molecular weight is 327 g/mol. The van der Waals surface area contributed by atoms with Gasteiger partial charge in [-0.05, 0) is 24.1 Å². The predicted octanol–water partition coefficient (Wildman–Crippen LogP) is 6.33.